The van der Waals surface area contributed by atoms with E-state index in [2.05, 4.69) is 24.3 Å². The van der Waals surface area contributed by atoms with Crippen molar-refractivity contribution in [1.82, 2.24) is 15.4 Å². The van der Waals surface area contributed by atoms with Crippen molar-refractivity contribution in [3.05, 3.63) is 17.5 Å². The first-order chi connectivity index (χ1) is 8.58. The van der Waals surface area contributed by atoms with Crippen LogP contribution in [0.1, 0.15) is 44.2 Å². The average molecular weight is 251 g/mol. The van der Waals surface area contributed by atoms with Crippen molar-refractivity contribution in [1.29, 1.82) is 0 Å². The third-order valence-electron chi connectivity index (χ3n) is 3.15. The van der Waals surface area contributed by atoms with Gasteiger partial charge >= 0.3 is 6.03 Å². The highest BCUT2D eigenvalue weighted by molar-refractivity contribution is 5.75. The lowest BCUT2D eigenvalue weighted by atomic mass is 10.1. The van der Waals surface area contributed by atoms with E-state index in [1.807, 2.05) is 17.9 Å². The molecule has 0 bridgehead atoms. The highest BCUT2D eigenvalue weighted by atomic mass is 16.5. The number of rotatable bonds is 3. The van der Waals surface area contributed by atoms with E-state index in [9.17, 15) is 4.79 Å². The molecule has 2 rings (SSSR count). The smallest absolute Gasteiger partial charge is 0.318 e. The van der Waals surface area contributed by atoms with E-state index in [1.54, 1.807) is 0 Å². The quantitative estimate of drug-likeness (QED) is 0.897. The van der Waals surface area contributed by atoms with Crippen molar-refractivity contribution in [2.45, 2.75) is 39.7 Å². The Labute approximate surface area is 108 Å². The molecule has 0 saturated carbocycles. The van der Waals surface area contributed by atoms with Crippen LogP contribution in [-0.2, 0) is 0 Å². The maximum Gasteiger partial charge on any atom is 0.318 e. The first-order valence-corrected chi connectivity index (χ1v) is 6.55. The third-order valence-corrected chi connectivity index (χ3v) is 3.15. The van der Waals surface area contributed by atoms with Crippen LogP contribution in [0.15, 0.2) is 10.6 Å². The van der Waals surface area contributed by atoms with Gasteiger partial charge < -0.3 is 14.7 Å². The molecule has 1 aromatic heterocycles. The van der Waals surface area contributed by atoms with Crippen LogP contribution in [-0.4, -0.2) is 29.2 Å². The zero-order valence-corrected chi connectivity index (χ0v) is 11.3. The van der Waals surface area contributed by atoms with Gasteiger partial charge in [0.15, 0.2) is 5.76 Å². The van der Waals surface area contributed by atoms with Gasteiger partial charge in [0.2, 0.25) is 0 Å². The van der Waals surface area contributed by atoms with E-state index in [1.165, 1.54) is 0 Å². The van der Waals surface area contributed by atoms with Crippen molar-refractivity contribution in [2.75, 3.05) is 13.1 Å². The van der Waals surface area contributed by atoms with Gasteiger partial charge in [-0.1, -0.05) is 19.0 Å². The second kappa shape index (κ2) is 5.42. The van der Waals surface area contributed by atoms with Crippen LogP contribution in [0.25, 0.3) is 0 Å². The van der Waals surface area contributed by atoms with Gasteiger partial charge in [0.25, 0.3) is 0 Å². The number of nitrogens with one attached hydrogen (secondary N) is 1. The summed E-state index contributed by atoms with van der Waals surface area (Å²) < 4.78 is 5.28. The molecule has 0 radical (unpaired) electrons. The van der Waals surface area contributed by atoms with Crippen LogP contribution in [0.5, 0.6) is 0 Å². The fraction of sp³-hybridized carbons (Fsp3) is 0.692. The molecule has 0 aromatic carbocycles. The van der Waals surface area contributed by atoms with E-state index >= 15 is 0 Å². The Bertz CT molecular complexity index is 414. The summed E-state index contributed by atoms with van der Waals surface area (Å²) in [6, 6.07) is 1.96. The second-order valence-corrected chi connectivity index (χ2v) is 5.30. The predicted octanol–water partition coefficient (Wildman–Crippen LogP) is 2.49. The lowest BCUT2D eigenvalue weighted by molar-refractivity contribution is 0.181. The first kappa shape index (κ1) is 12.9. The van der Waals surface area contributed by atoms with Gasteiger partial charge in [-0.05, 0) is 25.7 Å². The molecule has 1 aliphatic rings. The maximum absolute atomic E-state index is 12.1. The van der Waals surface area contributed by atoms with Crippen molar-refractivity contribution >= 4 is 6.03 Å². The zero-order chi connectivity index (χ0) is 13.1. The molecule has 1 unspecified atom stereocenters. The van der Waals surface area contributed by atoms with Gasteiger partial charge in [-0.25, -0.2) is 4.79 Å². The van der Waals surface area contributed by atoms with Crippen molar-refractivity contribution in [3.8, 4) is 0 Å². The Morgan fingerprint density at radius 1 is 1.67 bits per heavy atom. The monoisotopic (exact) mass is 251 g/mol. The zero-order valence-electron chi connectivity index (χ0n) is 11.3. The lowest BCUT2D eigenvalue weighted by Crippen LogP contribution is -2.40. The molecular formula is C13H21N3O2. The molecule has 0 aliphatic carbocycles. The van der Waals surface area contributed by atoms with Crippen LogP contribution in [0.3, 0.4) is 0 Å². The van der Waals surface area contributed by atoms with E-state index in [-0.39, 0.29) is 12.1 Å². The molecule has 1 fully saturated rings. The summed E-state index contributed by atoms with van der Waals surface area (Å²) in [4.78, 5) is 13.9. The molecule has 1 aromatic rings. The molecule has 5 heteroatoms. The Balaban J connectivity index is 2.01. The summed E-state index contributed by atoms with van der Waals surface area (Å²) in [5.74, 6) is 1.26. The highest BCUT2D eigenvalue weighted by Crippen LogP contribution is 2.32. The fourth-order valence-corrected chi connectivity index (χ4v) is 2.24. The number of aryl methyl sites for hydroxylation is 1. The molecule has 2 heterocycles. The number of urea groups is 1. The highest BCUT2D eigenvalue weighted by Gasteiger charge is 2.32. The SMILES string of the molecule is Cc1cc(C2CCCN2C(=O)NCC(C)C)on1. The largest absolute Gasteiger partial charge is 0.359 e. The number of carbonyl (C=O) groups excluding carboxylic acids is 1. The number of likely N-dealkylation sites (tertiary alicyclic amines) is 1. The van der Waals surface area contributed by atoms with Gasteiger partial charge in [0.05, 0.1) is 11.7 Å². The minimum atomic E-state index is 0.000234. The number of hydrogen-bond acceptors (Lipinski definition) is 3. The predicted molar refractivity (Wildman–Crippen MR) is 68.2 cm³/mol. The van der Waals surface area contributed by atoms with Crippen LogP contribution in [0.2, 0.25) is 0 Å². The number of carbonyl (C=O) groups is 1. The maximum atomic E-state index is 12.1. The van der Waals surface area contributed by atoms with E-state index in [0.29, 0.717) is 12.5 Å². The molecule has 100 valence electrons. The Kier molecular flexibility index (Phi) is 3.89. The van der Waals surface area contributed by atoms with Crippen molar-refractivity contribution < 1.29 is 9.32 Å². The van der Waals surface area contributed by atoms with Crippen LogP contribution < -0.4 is 5.32 Å². The Hall–Kier alpha value is -1.52. The number of hydrogen-bond donors (Lipinski definition) is 1. The van der Waals surface area contributed by atoms with Gasteiger partial charge in [0.1, 0.15) is 0 Å². The topological polar surface area (TPSA) is 58.4 Å². The molecule has 2 amide bonds. The second-order valence-electron chi connectivity index (χ2n) is 5.30. The third kappa shape index (κ3) is 2.83. The first-order valence-electron chi connectivity index (χ1n) is 6.55. The molecule has 0 spiro atoms. The van der Waals surface area contributed by atoms with E-state index in [0.717, 1.165) is 30.8 Å². The van der Waals surface area contributed by atoms with Gasteiger partial charge in [-0.3, -0.25) is 0 Å². The minimum Gasteiger partial charge on any atom is -0.359 e. The summed E-state index contributed by atoms with van der Waals surface area (Å²) >= 11 is 0. The van der Waals surface area contributed by atoms with Gasteiger partial charge in [-0.2, -0.15) is 0 Å². The summed E-state index contributed by atoms with van der Waals surface area (Å²) in [6.45, 7) is 7.56. The van der Waals surface area contributed by atoms with Crippen molar-refractivity contribution in [2.24, 2.45) is 5.92 Å². The molecule has 1 N–H and O–H groups in total. The summed E-state index contributed by atoms with van der Waals surface area (Å²) in [5.41, 5.74) is 0.861. The molecule has 18 heavy (non-hydrogen) atoms. The van der Waals surface area contributed by atoms with E-state index in [4.69, 9.17) is 4.52 Å². The Morgan fingerprint density at radius 3 is 3.06 bits per heavy atom. The van der Waals surface area contributed by atoms with Gasteiger partial charge in [-0.15, -0.1) is 0 Å². The molecule has 5 nitrogen and oxygen atoms in total. The Morgan fingerprint density at radius 2 is 2.44 bits per heavy atom. The lowest BCUT2D eigenvalue weighted by Gasteiger charge is -2.23. The standard InChI is InChI=1S/C13H21N3O2/c1-9(2)8-14-13(17)16-6-4-5-11(16)12-7-10(3)15-18-12/h7,9,11H,4-6,8H2,1-3H3,(H,14,17). The molecule has 1 aliphatic heterocycles. The fourth-order valence-electron chi connectivity index (χ4n) is 2.24. The van der Waals surface area contributed by atoms with Crippen molar-refractivity contribution in [3.63, 3.8) is 0 Å². The summed E-state index contributed by atoms with van der Waals surface area (Å²) in [7, 11) is 0. The average Bonchev–Trinajstić information content (AvgIpc) is 2.93. The number of aromatic nitrogens is 1. The molecular weight excluding hydrogens is 230 g/mol. The van der Waals surface area contributed by atoms with Crippen LogP contribution in [0, 0.1) is 12.8 Å². The van der Waals surface area contributed by atoms with Crippen LogP contribution in [0.4, 0.5) is 4.79 Å². The van der Waals surface area contributed by atoms with Gasteiger partial charge in [0, 0.05) is 19.2 Å². The normalized spacial score (nSPS) is 19.6. The number of amides is 2. The number of nitrogens with zero attached hydrogens (tertiary/aromatic N) is 2. The van der Waals surface area contributed by atoms with Crippen LogP contribution >= 0.6 is 0 Å². The molecule has 1 atom stereocenters. The minimum absolute atomic E-state index is 0.000234. The summed E-state index contributed by atoms with van der Waals surface area (Å²) in [6.07, 6.45) is 1.96. The molecule has 1 saturated heterocycles. The summed E-state index contributed by atoms with van der Waals surface area (Å²) in [5, 5.41) is 6.85. The van der Waals surface area contributed by atoms with E-state index < -0.39 is 0 Å².